The van der Waals surface area contributed by atoms with E-state index in [-0.39, 0.29) is 22.8 Å². The molecule has 26 heavy (non-hydrogen) atoms. The molecule has 2 rings (SSSR count). The lowest BCUT2D eigenvalue weighted by atomic mass is 10.0. The number of Topliss-reactive ketones (excluding diaryl/α,β-unsaturated/α-hetero) is 1. The molecule has 0 unspecified atom stereocenters. The fourth-order valence-electron chi connectivity index (χ4n) is 2.43. The molecule has 2 aromatic rings. The van der Waals surface area contributed by atoms with Crippen molar-refractivity contribution in [2.45, 2.75) is 26.7 Å². The highest BCUT2D eigenvalue weighted by Crippen LogP contribution is 2.20. The average molecular weight is 372 g/mol. The minimum absolute atomic E-state index is 0.0995. The van der Waals surface area contributed by atoms with Crippen molar-refractivity contribution >= 4 is 29.0 Å². The summed E-state index contributed by atoms with van der Waals surface area (Å²) >= 11 is 6.09. The van der Waals surface area contributed by atoms with E-state index >= 15 is 0 Å². The number of anilines is 1. The molecule has 0 amide bonds. The van der Waals surface area contributed by atoms with Gasteiger partial charge in [-0.1, -0.05) is 49.2 Å². The van der Waals surface area contributed by atoms with Gasteiger partial charge in [0.15, 0.2) is 0 Å². The molecular formula is C21H22ClNO3. The van der Waals surface area contributed by atoms with E-state index in [1.54, 1.807) is 31.2 Å². The Hall–Kier alpha value is -2.59. The third kappa shape index (κ3) is 5.20. The number of hydrogen-bond acceptors (Lipinski definition) is 4. The van der Waals surface area contributed by atoms with Crippen LogP contribution in [0.2, 0.25) is 5.02 Å². The van der Waals surface area contributed by atoms with Gasteiger partial charge in [0.1, 0.15) is 5.57 Å². The van der Waals surface area contributed by atoms with Crippen LogP contribution < -0.4 is 5.32 Å². The van der Waals surface area contributed by atoms with Crippen LogP contribution in [0.4, 0.5) is 5.69 Å². The summed E-state index contributed by atoms with van der Waals surface area (Å²) < 4.78 is 5.01. The Bertz CT molecular complexity index is 797. The van der Waals surface area contributed by atoms with Crippen molar-refractivity contribution in [1.82, 2.24) is 0 Å². The molecule has 0 saturated carbocycles. The topological polar surface area (TPSA) is 55.4 Å². The molecule has 4 nitrogen and oxygen atoms in total. The van der Waals surface area contributed by atoms with Crippen LogP contribution in [0.1, 0.15) is 36.2 Å². The third-order valence-corrected chi connectivity index (χ3v) is 4.06. The van der Waals surface area contributed by atoms with Gasteiger partial charge < -0.3 is 10.1 Å². The molecule has 0 atom stereocenters. The highest BCUT2D eigenvalue weighted by atomic mass is 35.5. The maximum absolute atomic E-state index is 12.7. The SMILES string of the molecule is CCCc1ccc(NC=C(C(=O)OCC)C(=O)c2ccccc2Cl)cc1. The van der Waals surface area contributed by atoms with Gasteiger partial charge in [0.25, 0.3) is 0 Å². The summed E-state index contributed by atoms with van der Waals surface area (Å²) in [6.07, 6.45) is 3.46. The molecule has 0 spiro atoms. The maximum atomic E-state index is 12.7. The number of hydrogen-bond donors (Lipinski definition) is 1. The summed E-state index contributed by atoms with van der Waals surface area (Å²) in [6.45, 7) is 3.99. The van der Waals surface area contributed by atoms with E-state index in [0.717, 1.165) is 18.5 Å². The first kappa shape index (κ1) is 19.7. The summed E-state index contributed by atoms with van der Waals surface area (Å²) in [4.78, 5) is 25.0. The first-order valence-corrected chi connectivity index (χ1v) is 8.96. The monoisotopic (exact) mass is 371 g/mol. The minimum atomic E-state index is -0.687. The molecule has 0 aliphatic carbocycles. The number of ether oxygens (including phenoxy) is 1. The molecule has 0 aromatic heterocycles. The summed E-state index contributed by atoms with van der Waals surface area (Å²) in [6, 6.07) is 14.5. The number of nitrogens with one attached hydrogen (secondary N) is 1. The van der Waals surface area contributed by atoms with E-state index < -0.39 is 11.8 Å². The van der Waals surface area contributed by atoms with Crippen molar-refractivity contribution in [3.8, 4) is 0 Å². The van der Waals surface area contributed by atoms with E-state index in [1.807, 2.05) is 24.3 Å². The number of carbonyl (C=O) groups excluding carboxylic acids is 2. The second-order valence-corrected chi connectivity index (χ2v) is 6.09. The van der Waals surface area contributed by atoms with E-state index in [0.29, 0.717) is 0 Å². The van der Waals surface area contributed by atoms with Crippen molar-refractivity contribution < 1.29 is 14.3 Å². The number of benzene rings is 2. The average Bonchev–Trinajstić information content (AvgIpc) is 2.64. The smallest absolute Gasteiger partial charge is 0.343 e. The third-order valence-electron chi connectivity index (χ3n) is 3.73. The van der Waals surface area contributed by atoms with Crippen LogP contribution in [0, 0.1) is 0 Å². The molecule has 0 saturated heterocycles. The Morgan fingerprint density at radius 2 is 1.77 bits per heavy atom. The van der Waals surface area contributed by atoms with E-state index in [2.05, 4.69) is 12.2 Å². The molecule has 5 heteroatoms. The zero-order valence-corrected chi connectivity index (χ0v) is 15.7. The van der Waals surface area contributed by atoms with E-state index in [4.69, 9.17) is 16.3 Å². The van der Waals surface area contributed by atoms with Crippen molar-refractivity contribution in [2.75, 3.05) is 11.9 Å². The Balaban J connectivity index is 2.26. The predicted molar refractivity (Wildman–Crippen MR) is 105 cm³/mol. The zero-order valence-electron chi connectivity index (χ0n) is 14.9. The van der Waals surface area contributed by atoms with Crippen LogP contribution in [0.25, 0.3) is 0 Å². The fourth-order valence-corrected chi connectivity index (χ4v) is 2.65. The molecular weight excluding hydrogens is 350 g/mol. The second kappa shape index (κ2) is 9.78. The quantitative estimate of drug-likeness (QED) is 0.232. The fraction of sp³-hybridized carbons (Fsp3) is 0.238. The lowest BCUT2D eigenvalue weighted by Crippen LogP contribution is -2.18. The Kier molecular flexibility index (Phi) is 7.42. The number of halogens is 1. The Morgan fingerprint density at radius 1 is 1.08 bits per heavy atom. The predicted octanol–water partition coefficient (Wildman–Crippen LogP) is 5.03. The zero-order chi connectivity index (χ0) is 18.9. The standard InChI is InChI=1S/C21H22ClNO3/c1-3-7-15-10-12-16(13-11-15)23-14-18(21(25)26-4-2)20(24)17-8-5-6-9-19(17)22/h5-6,8-14,23H,3-4,7H2,1-2H3. The molecule has 1 N–H and O–H groups in total. The Labute approximate surface area is 158 Å². The normalized spacial score (nSPS) is 11.1. The van der Waals surface area contributed by atoms with Crippen molar-refractivity contribution in [2.24, 2.45) is 0 Å². The summed E-state index contributed by atoms with van der Waals surface area (Å²) in [5, 5.41) is 3.29. The lowest BCUT2D eigenvalue weighted by molar-refractivity contribution is -0.138. The number of esters is 1. The summed E-state index contributed by atoms with van der Waals surface area (Å²) in [5.74, 6) is -1.17. The largest absolute Gasteiger partial charge is 0.462 e. The molecule has 0 aliphatic rings. The van der Waals surface area contributed by atoms with Gasteiger partial charge in [-0.3, -0.25) is 4.79 Å². The molecule has 136 valence electrons. The highest BCUT2D eigenvalue weighted by molar-refractivity contribution is 6.36. The summed E-state index contributed by atoms with van der Waals surface area (Å²) in [7, 11) is 0. The number of aryl methyl sites for hydroxylation is 1. The number of ketones is 1. The van der Waals surface area contributed by atoms with Crippen LogP contribution in [-0.2, 0) is 16.0 Å². The van der Waals surface area contributed by atoms with E-state index in [9.17, 15) is 9.59 Å². The molecule has 0 aliphatic heterocycles. The van der Waals surface area contributed by atoms with Crippen LogP contribution in [0.3, 0.4) is 0 Å². The molecule has 2 aromatic carbocycles. The van der Waals surface area contributed by atoms with Gasteiger partial charge in [-0.05, 0) is 43.2 Å². The second-order valence-electron chi connectivity index (χ2n) is 5.68. The number of carbonyl (C=O) groups is 2. The van der Waals surface area contributed by atoms with Crippen molar-refractivity contribution in [3.05, 3.63) is 76.5 Å². The van der Waals surface area contributed by atoms with Crippen molar-refractivity contribution in [3.63, 3.8) is 0 Å². The molecule has 0 radical (unpaired) electrons. The van der Waals surface area contributed by atoms with Gasteiger partial charge in [0, 0.05) is 17.5 Å². The highest BCUT2D eigenvalue weighted by Gasteiger charge is 2.22. The van der Waals surface area contributed by atoms with Crippen LogP contribution in [0.15, 0.2) is 60.3 Å². The lowest BCUT2D eigenvalue weighted by Gasteiger charge is -2.09. The van der Waals surface area contributed by atoms with Gasteiger partial charge in [-0.25, -0.2) is 4.79 Å². The van der Waals surface area contributed by atoms with Gasteiger partial charge >= 0.3 is 5.97 Å². The van der Waals surface area contributed by atoms with Gasteiger partial charge in [-0.15, -0.1) is 0 Å². The first-order chi connectivity index (χ1) is 12.6. The maximum Gasteiger partial charge on any atom is 0.343 e. The molecule has 0 fully saturated rings. The van der Waals surface area contributed by atoms with Crippen molar-refractivity contribution in [1.29, 1.82) is 0 Å². The Morgan fingerprint density at radius 3 is 2.38 bits per heavy atom. The molecule has 0 heterocycles. The van der Waals surface area contributed by atoms with Crippen LogP contribution in [-0.4, -0.2) is 18.4 Å². The van der Waals surface area contributed by atoms with Gasteiger partial charge in [0.2, 0.25) is 5.78 Å². The molecule has 0 bridgehead atoms. The van der Waals surface area contributed by atoms with E-state index in [1.165, 1.54) is 11.8 Å². The van der Waals surface area contributed by atoms with Crippen LogP contribution in [0.5, 0.6) is 0 Å². The number of rotatable bonds is 8. The summed E-state index contributed by atoms with van der Waals surface area (Å²) in [5.41, 5.74) is 2.17. The van der Waals surface area contributed by atoms with Gasteiger partial charge in [0.05, 0.1) is 11.6 Å². The van der Waals surface area contributed by atoms with Crippen LogP contribution >= 0.6 is 11.6 Å². The van der Waals surface area contributed by atoms with Gasteiger partial charge in [-0.2, -0.15) is 0 Å². The first-order valence-electron chi connectivity index (χ1n) is 8.58. The minimum Gasteiger partial charge on any atom is -0.462 e.